The number of nitrogens with one attached hydrogen (secondary N) is 1. The van der Waals surface area contributed by atoms with Gasteiger partial charge in [-0.2, -0.15) is 0 Å². The molecule has 2 aromatic rings. The van der Waals surface area contributed by atoms with Crippen LogP contribution in [0.4, 0.5) is 20.4 Å². The Kier molecular flexibility index (Phi) is 3.32. The van der Waals surface area contributed by atoms with Crippen molar-refractivity contribution < 1.29 is 8.78 Å². The SMILES string of the molecule is Cc1ccc(F)c(Nc2nccn2C(C)C)c1F. The molecule has 1 N–H and O–H groups in total. The van der Waals surface area contributed by atoms with Gasteiger partial charge in [0.25, 0.3) is 0 Å². The van der Waals surface area contributed by atoms with E-state index in [9.17, 15) is 8.78 Å². The molecule has 0 saturated heterocycles. The minimum absolute atomic E-state index is 0.158. The van der Waals surface area contributed by atoms with Crippen molar-refractivity contribution in [3.8, 4) is 0 Å². The van der Waals surface area contributed by atoms with E-state index in [1.165, 1.54) is 12.1 Å². The summed E-state index contributed by atoms with van der Waals surface area (Å²) in [4.78, 5) is 4.06. The zero-order valence-corrected chi connectivity index (χ0v) is 10.5. The zero-order valence-electron chi connectivity index (χ0n) is 10.5. The highest BCUT2D eigenvalue weighted by Gasteiger charge is 2.14. The third-order valence-corrected chi connectivity index (χ3v) is 2.75. The molecule has 0 atom stereocenters. The largest absolute Gasteiger partial charge is 0.321 e. The van der Waals surface area contributed by atoms with E-state index >= 15 is 0 Å². The molecule has 2 rings (SSSR count). The number of hydrogen-bond acceptors (Lipinski definition) is 2. The van der Waals surface area contributed by atoms with Crippen molar-refractivity contribution in [1.29, 1.82) is 0 Å². The molecule has 1 aromatic heterocycles. The molecule has 0 amide bonds. The van der Waals surface area contributed by atoms with Crippen LogP contribution in [0.15, 0.2) is 24.5 Å². The maximum atomic E-state index is 13.8. The fourth-order valence-electron chi connectivity index (χ4n) is 1.71. The zero-order chi connectivity index (χ0) is 13.3. The molecule has 0 bridgehead atoms. The molecular weight excluding hydrogens is 236 g/mol. The minimum Gasteiger partial charge on any atom is -0.321 e. The Hall–Kier alpha value is -1.91. The Balaban J connectivity index is 2.40. The first-order valence-electron chi connectivity index (χ1n) is 5.75. The van der Waals surface area contributed by atoms with Crippen molar-refractivity contribution >= 4 is 11.6 Å². The Morgan fingerprint density at radius 1 is 1.28 bits per heavy atom. The molecule has 0 radical (unpaired) electrons. The summed E-state index contributed by atoms with van der Waals surface area (Å²) < 4.78 is 29.3. The summed E-state index contributed by atoms with van der Waals surface area (Å²) in [5.41, 5.74) is 0.227. The number of rotatable bonds is 3. The monoisotopic (exact) mass is 251 g/mol. The molecule has 0 aliphatic rings. The van der Waals surface area contributed by atoms with Gasteiger partial charge in [0.05, 0.1) is 0 Å². The Morgan fingerprint density at radius 3 is 2.67 bits per heavy atom. The number of hydrogen-bond donors (Lipinski definition) is 1. The van der Waals surface area contributed by atoms with Crippen molar-refractivity contribution in [2.24, 2.45) is 0 Å². The average Bonchev–Trinajstić information content (AvgIpc) is 2.78. The van der Waals surface area contributed by atoms with Crippen LogP contribution in [0, 0.1) is 18.6 Å². The molecule has 0 fully saturated rings. The molecule has 18 heavy (non-hydrogen) atoms. The van der Waals surface area contributed by atoms with E-state index in [2.05, 4.69) is 10.3 Å². The summed E-state index contributed by atoms with van der Waals surface area (Å²) in [6, 6.07) is 2.81. The highest BCUT2D eigenvalue weighted by atomic mass is 19.1. The second-order valence-corrected chi connectivity index (χ2v) is 4.43. The van der Waals surface area contributed by atoms with Crippen molar-refractivity contribution in [1.82, 2.24) is 9.55 Å². The Morgan fingerprint density at radius 2 is 2.00 bits per heavy atom. The van der Waals surface area contributed by atoms with E-state index < -0.39 is 11.6 Å². The van der Waals surface area contributed by atoms with Gasteiger partial charge in [-0.1, -0.05) is 6.07 Å². The number of aromatic nitrogens is 2. The molecule has 0 saturated carbocycles. The van der Waals surface area contributed by atoms with Crippen LogP contribution in [0.5, 0.6) is 0 Å². The van der Waals surface area contributed by atoms with Gasteiger partial charge in [-0.3, -0.25) is 0 Å². The van der Waals surface area contributed by atoms with Crippen LogP contribution < -0.4 is 5.32 Å². The summed E-state index contributed by atoms with van der Waals surface area (Å²) >= 11 is 0. The first-order valence-corrected chi connectivity index (χ1v) is 5.75. The number of aryl methyl sites for hydroxylation is 1. The summed E-state index contributed by atoms with van der Waals surface area (Å²) in [6.07, 6.45) is 3.35. The third-order valence-electron chi connectivity index (χ3n) is 2.75. The fourth-order valence-corrected chi connectivity index (χ4v) is 1.71. The molecular formula is C13H15F2N3. The lowest BCUT2D eigenvalue weighted by Crippen LogP contribution is -2.07. The average molecular weight is 251 g/mol. The maximum absolute atomic E-state index is 13.8. The van der Waals surface area contributed by atoms with Crippen molar-refractivity contribution in [3.05, 3.63) is 41.7 Å². The molecule has 1 heterocycles. The molecule has 0 aliphatic carbocycles. The lowest BCUT2D eigenvalue weighted by atomic mass is 10.2. The third kappa shape index (κ3) is 2.20. The normalized spacial score (nSPS) is 11.0. The van der Waals surface area contributed by atoms with Crippen molar-refractivity contribution in [3.63, 3.8) is 0 Å². The van der Waals surface area contributed by atoms with Crippen LogP contribution in [-0.4, -0.2) is 9.55 Å². The van der Waals surface area contributed by atoms with Gasteiger partial charge in [-0.25, -0.2) is 13.8 Å². The van der Waals surface area contributed by atoms with Gasteiger partial charge in [-0.05, 0) is 32.4 Å². The summed E-state index contributed by atoms with van der Waals surface area (Å²) in [5.74, 6) is -0.793. The van der Waals surface area contributed by atoms with Crippen LogP contribution in [0.3, 0.4) is 0 Å². The number of benzene rings is 1. The van der Waals surface area contributed by atoms with E-state index in [0.717, 1.165) is 0 Å². The molecule has 1 aromatic carbocycles. The second-order valence-electron chi connectivity index (χ2n) is 4.43. The highest BCUT2D eigenvalue weighted by Crippen LogP contribution is 2.25. The molecule has 0 aliphatic heterocycles. The van der Waals surface area contributed by atoms with Crippen LogP contribution in [0.1, 0.15) is 25.5 Å². The van der Waals surface area contributed by atoms with E-state index in [1.54, 1.807) is 23.9 Å². The smallest absolute Gasteiger partial charge is 0.207 e. The summed E-state index contributed by atoms with van der Waals surface area (Å²) in [7, 11) is 0. The number of anilines is 2. The van der Waals surface area contributed by atoms with Crippen LogP contribution in [0.25, 0.3) is 0 Å². The van der Waals surface area contributed by atoms with Crippen LogP contribution >= 0.6 is 0 Å². The van der Waals surface area contributed by atoms with Crippen molar-refractivity contribution in [2.45, 2.75) is 26.8 Å². The van der Waals surface area contributed by atoms with Crippen molar-refractivity contribution in [2.75, 3.05) is 5.32 Å². The molecule has 0 spiro atoms. The lowest BCUT2D eigenvalue weighted by Gasteiger charge is -2.14. The summed E-state index contributed by atoms with van der Waals surface area (Å²) in [6.45, 7) is 5.53. The fraction of sp³-hybridized carbons (Fsp3) is 0.308. The van der Waals surface area contributed by atoms with E-state index in [-0.39, 0.29) is 11.7 Å². The lowest BCUT2D eigenvalue weighted by molar-refractivity contribution is 0.579. The number of nitrogens with zero attached hydrogens (tertiary/aromatic N) is 2. The van der Waals surface area contributed by atoms with Gasteiger partial charge < -0.3 is 9.88 Å². The van der Waals surface area contributed by atoms with Gasteiger partial charge in [0.15, 0.2) is 5.82 Å². The predicted molar refractivity (Wildman–Crippen MR) is 67.0 cm³/mol. The molecule has 96 valence electrons. The van der Waals surface area contributed by atoms with E-state index in [4.69, 9.17) is 0 Å². The van der Waals surface area contributed by atoms with Gasteiger partial charge in [0.2, 0.25) is 5.95 Å². The van der Waals surface area contributed by atoms with Gasteiger partial charge in [-0.15, -0.1) is 0 Å². The van der Waals surface area contributed by atoms with E-state index in [1.807, 2.05) is 13.8 Å². The quantitative estimate of drug-likeness (QED) is 0.899. The summed E-state index contributed by atoms with van der Waals surface area (Å²) in [5, 5.41) is 2.71. The van der Waals surface area contributed by atoms with Crippen LogP contribution in [-0.2, 0) is 0 Å². The maximum Gasteiger partial charge on any atom is 0.207 e. The first-order chi connectivity index (χ1) is 8.50. The molecule has 5 heteroatoms. The van der Waals surface area contributed by atoms with Gasteiger partial charge >= 0.3 is 0 Å². The second kappa shape index (κ2) is 4.76. The van der Waals surface area contributed by atoms with E-state index in [0.29, 0.717) is 11.5 Å². The van der Waals surface area contributed by atoms with Crippen LogP contribution in [0.2, 0.25) is 0 Å². The van der Waals surface area contributed by atoms with Gasteiger partial charge in [0, 0.05) is 18.4 Å². The standard InChI is InChI=1S/C13H15F2N3/c1-8(2)18-7-6-16-13(18)17-12-10(14)5-4-9(3)11(12)15/h4-8H,1-3H3,(H,16,17). The molecule has 3 nitrogen and oxygen atoms in total. The topological polar surface area (TPSA) is 29.9 Å². The minimum atomic E-state index is -0.628. The molecule has 0 unspecified atom stereocenters. The Labute approximate surface area is 104 Å². The predicted octanol–water partition coefficient (Wildman–Crippen LogP) is 3.79. The Bertz CT molecular complexity index is 561. The number of imidazole rings is 1. The highest BCUT2D eigenvalue weighted by molar-refractivity contribution is 5.57. The first kappa shape index (κ1) is 12.5. The van der Waals surface area contributed by atoms with Gasteiger partial charge in [0.1, 0.15) is 11.5 Å². The number of halogens is 2.